The molecule has 1 aliphatic carbocycles. The van der Waals surface area contributed by atoms with Crippen molar-refractivity contribution >= 4 is 16.0 Å². The first-order chi connectivity index (χ1) is 13.6. The van der Waals surface area contributed by atoms with Gasteiger partial charge in [-0.15, -0.1) is 0 Å². The zero-order chi connectivity index (χ0) is 22.6. The minimum absolute atomic E-state index is 0.356. The number of amides is 1. The van der Waals surface area contributed by atoms with Crippen LogP contribution in [0.2, 0.25) is 0 Å². The van der Waals surface area contributed by atoms with Gasteiger partial charge >= 0.3 is 22.2 Å². The van der Waals surface area contributed by atoms with Gasteiger partial charge in [-0.05, 0) is 24.6 Å². The number of alkyl halides is 5. The third-order valence-corrected chi connectivity index (χ3v) is 5.06. The van der Waals surface area contributed by atoms with Crippen LogP contribution in [0, 0.1) is 0 Å². The van der Waals surface area contributed by atoms with E-state index in [1.54, 1.807) is 0 Å². The Hall–Kier alpha value is -2.37. The maximum Gasteiger partial charge on any atom is 0.534 e. The zero-order valence-corrected chi connectivity index (χ0v) is 13.9. The van der Waals surface area contributed by atoms with Gasteiger partial charge < -0.3 is 13.8 Å². The molecular weight excluding hydrogens is 401 g/mol. The zero-order valence-electron chi connectivity index (χ0n) is 16.0. The molecule has 0 saturated heterocycles. The van der Waals surface area contributed by atoms with Gasteiger partial charge in [-0.1, -0.05) is 6.07 Å². The first kappa shape index (κ1) is 15.7. The molecule has 1 aromatic carbocycles. The van der Waals surface area contributed by atoms with E-state index < -0.39 is 70.6 Å². The van der Waals surface area contributed by atoms with Crippen molar-refractivity contribution in [3.05, 3.63) is 41.2 Å². The van der Waals surface area contributed by atoms with Crippen molar-refractivity contribution in [3.8, 4) is 5.75 Å². The summed E-state index contributed by atoms with van der Waals surface area (Å²) in [4.78, 5) is 13.2. The van der Waals surface area contributed by atoms with E-state index in [1.165, 1.54) is 0 Å². The minimum atomic E-state index is -6.14. The molecule has 6 nitrogen and oxygen atoms in total. The lowest BCUT2D eigenvalue weighted by Gasteiger charge is -2.23. The summed E-state index contributed by atoms with van der Waals surface area (Å²) in [6, 6.07) is 1.81. The van der Waals surface area contributed by atoms with Crippen LogP contribution in [-0.4, -0.2) is 44.4 Å². The van der Waals surface area contributed by atoms with Crippen molar-refractivity contribution in [3.63, 3.8) is 0 Å². The molecule has 0 N–H and O–H groups in total. The quantitative estimate of drug-likeness (QED) is 0.429. The van der Waals surface area contributed by atoms with E-state index in [9.17, 15) is 35.2 Å². The van der Waals surface area contributed by atoms with Crippen molar-refractivity contribution in [2.45, 2.75) is 30.5 Å². The summed E-state index contributed by atoms with van der Waals surface area (Å²) in [7, 11) is -6.14. The van der Waals surface area contributed by atoms with Crippen molar-refractivity contribution in [1.82, 2.24) is 4.90 Å². The molecule has 0 saturated carbocycles. The molecule has 27 heavy (non-hydrogen) atoms. The first-order valence-electron chi connectivity index (χ1n) is 8.77. The highest BCUT2D eigenvalue weighted by atomic mass is 32.2. The Bertz CT molecular complexity index is 1010. The Balaban J connectivity index is 2.21. The van der Waals surface area contributed by atoms with Crippen molar-refractivity contribution < 1.29 is 48.2 Å². The third kappa shape index (κ3) is 3.33. The van der Waals surface area contributed by atoms with Crippen LogP contribution in [0.1, 0.15) is 32.4 Å². The van der Waals surface area contributed by atoms with E-state index >= 15 is 0 Å². The number of allylic oxidation sites excluding steroid dienone is 1. The van der Waals surface area contributed by atoms with Gasteiger partial charge in [-0.3, -0.25) is 4.79 Å². The molecule has 0 unspecified atom stereocenters. The smallest absolute Gasteiger partial charge is 0.434 e. The maximum absolute atomic E-state index is 12.8. The van der Waals surface area contributed by atoms with Crippen LogP contribution in [0.15, 0.2) is 30.0 Å². The molecule has 0 spiro atoms. The summed E-state index contributed by atoms with van der Waals surface area (Å²) in [5, 5.41) is 0. The van der Waals surface area contributed by atoms with Gasteiger partial charge in [0, 0.05) is 28.1 Å². The fourth-order valence-electron chi connectivity index (χ4n) is 3.00. The van der Waals surface area contributed by atoms with Gasteiger partial charge in [0.25, 0.3) is 5.91 Å². The van der Waals surface area contributed by atoms with Crippen molar-refractivity contribution in [1.29, 1.82) is 0 Å². The number of carbonyl (C=O) groups excluding carboxylic acids is 1. The van der Waals surface area contributed by atoms with Crippen LogP contribution in [0.25, 0.3) is 0 Å². The number of likely N-dealkylation sites (N-methyl/N-ethyl adjacent to an activating group) is 1. The van der Waals surface area contributed by atoms with Crippen LogP contribution < -0.4 is 4.74 Å². The van der Waals surface area contributed by atoms with Crippen molar-refractivity contribution in [2.24, 2.45) is 0 Å². The van der Waals surface area contributed by atoms with E-state index in [4.69, 9.17) is 4.11 Å². The Kier molecular flexibility index (Phi) is 3.69. The molecule has 2 aliphatic rings. The van der Waals surface area contributed by atoms with Crippen LogP contribution in [0.3, 0.4) is 0 Å². The molecule has 2 atom stereocenters. The Morgan fingerprint density at radius 2 is 2.04 bits per heavy atom. The summed E-state index contributed by atoms with van der Waals surface area (Å²) in [6.07, 6.45) is 0.337. The fourth-order valence-corrected chi connectivity index (χ4v) is 3.52. The molecule has 148 valence electrons. The monoisotopic (exact) mass is 416 g/mol. The van der Waals surface area contributed by atoms with Gasteiger partial charge in [0.05, 0.1) is 6.04 Å². The number of halogens is 5. The molecule has 0 radical (unpaired) electrons. The van der Waals surface area contributed by atoms with Crippen LogP contribution in [0.4, 0.5) is 22.0 Å². The van der Waals surface area contributed by atoms with Crippen molar-refractivity contribution in [2.75, 3.05) is 6.98 Å². The number of hydrogen-bond acceptors (Lipinski definition) is 5. The highest BCUT2D eigenvalue weighted by Crippen LogP contribution is 2.47. The molecule has 0 fully saturated rings. The second-order valence-corrected chi connectivity index (χ2v) is 7.22. The molecule has 1 amide bonds. The normalized spacial score (nSPS) is 24.5. The first-order valence-corrected chi connectivity index (χ1v) is 8.68. The van der Waals surface area contributed by atoms with Crippen LogP contribution in [-0.2, 0) is 14.3 Å². The minimum Gasteiger partial charge on any atom is -0.434 e. The molecule has 0 aromatic heterocycles. The number of hydrogen-bond donors (Lipinski definition) is 0. The lowest BCUT2D eigenvalue weighted by Crippen LogP contribution is -2.34. The highest BCUT2D eigenvalue weighted by molar-refractivity contribution is 7.87. The number of rotatable bonds is 4. The molecular formula is C15H12F5NO5S. The van der Waals surface area contributed by atoms with Gasteiger partial charge in [0.15, 0.2) is 0 Å². The Labute approximate surface area is 154 Å². The number of fused-ring (bicyclic) bond motifs is 4. The summed E-state index contributed by atoms with van der Waals surface area (Å²) < 4.78 is 118. The van der Waals surface area contributed by atoms with E-state index in [1.807, 2.05) is 0 Å². The number of carbonyl (C=O) groups is 1. The number of benzene rings is 1. The van der Waals surface area contributed by atoms with Crippen LogP contribution in [0.5, 0.6) is 5.75 Å². The largest absolute Gasteiger partial charge is 0.534 e. The van der Waals surface area contributed by atoms with Crippen LogP contribution >= 0.6 is 0 Å². The molecule has 3 rings (SSSR count). The average Bonchev–Trinajstić information content (AvgIpc) is 2.87. The van der Waals surface area contributed by atoms with E-state index in [0.717, 1.165) is 24.3 Å². The fraction of sp³-hybridized carbons (Fsp3) is 0.400. The molecule has 1 aromatic rings. The van der Waals surface area contributed by atoms with E-state index in [-0.39, 0.29) is 5.56 Å². The second-order valence-electron chi connectivity index (χ2n) is 5.68. The lowest BCUT2D eigenvalue weighted by atomic mass is 9.92. The van der Waals surface area contributed by atoms with E-state index in [2.05, 4.69) is 8.92 Å². The lowest BCUT2D eigenvalue weighted by molar-refractivity contribution is -0.0525. The standard InChI is InChI=1S/C15H12F5NO5S/c1-21-7-5-9(11(6-7)26-27(23,24)15(18,19)20)12-8(13(21)22)3-2-4-10(12)25-14(16)17/h2-4,6-7,9,14H,5H2,1H3/t7-,9+/m1/s1/i1D3. The summed E-state index contributed by atoms with van der Waals surface area (Å²) in [5.74, 6) is -4.02. The van der Waals surface area contributed by atoms with Gasteiger partial charge in [-0.2, -0.15) is 30.4 Å². The van der Waals surface area contributed by atoms with Gasteiger partial charge in [-0.25, -0.2) is 0 Å². The predicted octanol–water partition coefficient (Wildman–Crippen LogP) is 2.98. The van der Waals surface area contributed by atoms with Gasteiger partial charge in [0.1, 0.15) is 11.5 Å². The average molecular weight is 416 g/mol. The predicted molar refractivity (Wildman–Crippen MR) is 80.5 cm³/mol. The summed E-state index contributed by atoms with van der Waals surface area (Å²) >= 11 is 0. The summed E-state index contributed by atoms with van der Waals surface area (Å²) in [6.45, 7) is -6.44. The number of nitrogens with zero attached hydrogens (tertiary/aromatic N) is 1. The maximum atomic E-state index is 12.8. The van der Waals surface area contributed by atoms with Gasteiger partial charge in [0.2, 0.25) is 0 Å². The molecule has 2 bridgehead atoms. The molecule has 1 heterocycles. The SMILES string of the molecule is [2H]C([2H])([2H])N1C(=O)c2cccc(OC(F)F)c2[C@H]2C[C@@H]1C=C2OS(=O)(=O)C(F)(F)F. The summed E-state index contributed by atoms with van der Waals surface area (Å²) in [5.41, 5.74) is -6.61. The molecule has 1 aliphatic heterocycles. The Morgan fingerprint density at radius 3 is 2.63 bits per heavy atom. The molecule has 12 heteroatoms. The Morgan fingerprint density at radius 1 is 1.33 bits per heavy atom. The number of ether oxygens (including phenoxy) is 1. The highest BCUT2D eigenvalue weighted by Gasteiger charge is 2.51. The van der Waals surface area contributed by atoms with E-state index in [0.29, 0.717) is 4.90 Å². The topological polar surface area (TPSA) is 72.9 Å². The third-order valence-electron chi connectivity index (χ3n) is 4.08. The second kappa shape index (κ2) is 6.36.